The van der Waals surface area contributed by atoms with Gasteiger partial charge in [0, 0.05) is 26.0 Å². The van der Waals surface area contributed by atoms with Crippen molar-refractivity contribution < 1.29 is 28.6 Å². The molecule has 0 aliphatic heterocycles. The van der Waals surface area contributed by atoms with Gasteiger partial charge in [-0.2, -0.15) is 5.10 Å². The van der Waals surface area contributed by atoms with Gasteiger partial charge in [0.1, 0.15) is 5.75 Å². The molecule has 0 saturated heterocycles. The molecule has 0 aliphatic rings. The Morgan fingerprint density at radius 1 is 1.03 bits per heavy atom. The van der Waals surface area contributed by atoms with Gasteiger partial charge >= 0.3 is 5.97 Å². The number of hydrogen-bond acceptors (Lipinski definition) is 7. The van der Waals surface area contributed by atoms with Gasteiger partial charge in [-0.25, -0.2) is 4.79 Å². The number of aromatic nitrogens is 2. The summed E-state index contributed by atoms with van der Waals surface area (Å²) in [7, 11) is 4.65. The topological polar surface area (TPSA) is 121 Å². The second-order valence-electron chi connectivity index (χ2n) is 6.60. The molecule has 0 saturated carbocycles. The molecule has 3 aromatic rings. The van der Waals surface area contributed by atoms with Gasteiger partial charge in [-0.15, -0.1) is 0 Å². The largest absolute Gasteiger partial charge is 0.493 e. The fourth-order valence-electron chi connectivity index (χ4n) is 2.64. The summed E-state index contributed by atoms with van der Waals surface area (Å²) in [5.41, 5.74) is 1.21. The summed E-state index contributed by atoms with van der Waals surface area (Å²) in [6.07, 6.45) is 3.07. The first kappa shape index (κ1) is 22.3. The highest BCUT2D eigenvalue weighted by atomic mass is 16.5. The Balaban J connectivity index is 1.62. The van der Waals surface area contributed by atoms with Crippen LogP contribution in [-0.2, 0) is 11.8 Å². The number of benzene rings is 2. The molecule has 1 aromatic heterocycles. The average molecular weight is 438 g/mol. The standard InChI is InChI=1S/C22H22N4O6/c1-23-20(27)13-31-18-9-4-14(10-19(18)30-3)22(29)32-17-7-5-16(6-8-17)25-21(28)15-11-24-26(2)12-15/h4-12H,13H2,1-3H3,(H,23,27)(H,25,28). The number of carbonyl (C=O) groups is 3. The van der Waals surface area contributed by atoms with Crippen LogP contribution in [0.1, 0.15) is 20.7 Å². The lowest BCUT2D eigenvalue weighted by Gasteiger charge is -2.12. The second-order valence-corrected chi connectivity index (χ2v) is 6.60. The molecular formula is C22H22N4O6. The van der Waals surface area contributed by atoms with Gasteiger partial charge in [0.2, 0.25) is 0 Å². The van der Waals surface area contributed by atoms with E-state index in [1.165, 1.54) is 43.2 Å². The van der Waals surface area contributed by atoms with Crippen molar-refractivity contribution in [2.45, 2.75) is 0 Å². The lowest BCUT2D eigenvalue weighted by atomic mass is 10.2. The first-order valence-corrected chi connectivity index (χ1v) is 9.53. The van der Waals surface area contributed by atoms with Gasteiger partial charge in [-0.1, -0.05) is 0 Å². The highest BCUT2D eigenvalue weighted by Gasteiger charge is 2.14. The number of amides is 2. The fourth-order valence-corrected chi connectivity index (χ4v) is 2.64. The third-order valence-electron chi connectivity index (χ3n) is 4.33. The molecule has 10 nitrogen and oxygen atoms in total. The quantitative estimate of drug-likeness (QED) is 0.408. The molecule has 1 heterocycles. The van der Waals surface area contributed by atoms with Crippen molar-refractivity contribution in [1.82, 2.24) is 15.1 Å². The van der Waals surface area contributed by atoms with Gasteiger partial charge in [-0.05, 0) is 42.5 Å². The van der Waals surface area contributed by atoms with Crippen LogP contribution in [0.15, 0.2) is 54.9 Å². The fraction of sp³-hybridized carbons (Fsp3) is 0.182. The number of carbonyl (C=O) groups excluding carboxylic acids is 3. The number of likely N-dealkylation sites (N-methyl/N-ethyl adjacent to an activating group) is 1. The van der Waals surface area contributed by atoms with Gasteiger partial charge in [-0.3, -0.25) is 14.3 Å². The van der Waals surface area contributed by atoms with Crippen LogP contribution < -0.4 is 24.8 Å². The number of nitrogens with zero attached hydrogens (tertiary/aromatic N) is 2. The van der Waals surface area contributed by atoms with Gasteiger partial charge < -0.3 is 24.8 Å². The van der Waals surface area contributed by atoms with E-state index in [1.807, 2.05) is 0 Å². The molecule has 0 fully saturated rings. The number of aryl methyl sites for hydroxylation is 1. The van der Waals surface area contributed by atoms with E-state index in [9.17, 15) is 14.4 Å². The zero-order valence-corrected chi connectivity index (χ0v) is 17.7. The molecule has 166 valence electrons. The maximum atomic E-state index is 12.5. The van der Waals surface area contributed by atoms with Crippen LogP contribution in [0.25, 0.3) is 0 Å². The second kappa shape index (κ2) is 10.1. The molecule has 10 heteroatoms. The van der Waals surface area contributed by atoms with Crippen molar-refractivity contribution >= 4 is 23.5 Å². The van der Waals surface area contributed by atoms with E-state index in [4.69, 9.17) is 14.2 Å². The minimum absolute atomic E-state index is 0.180. The van der Waals surface area contributed by atoms with E-state index in [0.29, 0.717) is 22.7 Å². The van der Waals surface area contributed by atoms with Crippen LogP contribution in [0.2, 0.25) is 0 Å². The summed E-state index contributed by atoms with van der Waals surface area (Å²) < 4.78 is 17.5. The number of hydrogen-bond donors (Lipinski definition) is 2. The molecule has 2 aromatic carbocycles. The van der Waals surface area contributed by atoms with Crippen molar-refractivity contribution in [2.24, 2.45) is 7.05 Å². The normalized spacial score (nSPS) is 10.2. The predicted molar refractivity (Wildman–Crippen MR) is 115 cm³/mol. The van der Waals surface area contributed by atoms with Gasteiger partial charge in [0.25, 0.3) is 11.8 Å². The van der Waals surface area contributed by atoms with Crippen molar-refractivity contribution in [3.8, 4) is 17.2 Å². The monoisotopic (exact) mass is 438 g/mol. The Kier molecular flexibility index (Phi) is 7.06. The van der Waals surface area contributed by atoms with Crippen LogP contribution in [0.3, 0.4) is 0 Å². The van der Waals surface area contributed by atoms with E-state index >= 15 is 0 Å². The molecule has 2 amide bonds. The highest BCUT2D eigenvalue weighted by Crippen LogP contribution is 2.28. The van der Waals surface area contributed by atoms with Crippen LogP contribution in [0.5, 0.6) is 17.2 Å². The van der Waals surface area contributed by atoms with Crippen molar-refractivity contribution in [3.63, 3.8) is 0 Å². The molecule has 0 aliphatic carbocycles. The molecule has 0 bridgehead atoms. The first-order valence-electron chi connectivity index (χ1n) is 9.53. The summed E-state index contributed by atoms with van der Waals surface area (Å²) in [6.45, 7) is -0.180. The number of esters is 1. The Hall–Kier alpha value is -4.34. The van der Waals surface area contributed by atoms with E-state index in [0.717, 1.165) is 0 Å². The van der Waals surface area contributed by atoms with Crippen LogP contribution >= 0.6 is 0 Å². The van der Waals surface area contributed by atoms with E-state index in [2.05, 4.69) is 15.7 Å². The molecule has 0 atom stereocenters. The Morgan fingerprint density at radius 2 is 1.78 bits per heavy atom. The molecule has 0 radical (unpaired) electrons. The maximum absolute atomic E-state index is 12.5. The van der Waals surface area contributed by atoms with Crippen molar-refractivity contribution in [2.75, 3.05) is 26.1 Å². The Morgan fingerprint density at radius 3 is 2.41 bits per heavy atom. The number of rotatable bonds is 8. The predicted octanol–water partition coefficient (Wildman–Crippen LogP) is 2.02. The molecule has 3 rings (SSSR count). The summed E-state index contributed by atoms with van der Waals surface area (Å²) in [5, 5.41) is 9.14. The maximum Gasteiger partial charge on any atom is 0.343 e. The van der Waals surface area contributed by atoms with Crippen LogP contribution in [-0.4, -0.2) is 48.3 Å². The van der Waals surface area contributed by atoms with E-state index in [1.54, 1.807) is 37.5 Å². The van der Waals surface area contributed by atoms with Gasteiger partial charge in [0.05, 0.1) is 24.4 Å². The summed E-state index contributed by atoms with van der Waals surface area (Å²) >= 11 is 0. The first-order chi connectivity index (χ1) is 15.4. The SMILES string of the molecule is CNC(=O)COc1ccc(C(=O)Oc2ccc(NC(=O)c3cnn(C)c3)cc2)cc1OC. The Labute approximate surface area is 184 Å². The minimum Gasteiger partial charge on any atom is -0.493 e. The van der Waals surface area contributed by atoms with Gasteiger partial charge in [0.15, 0.2) is 18.1 Å². The van der Waals surface area contributed by atoms with Crippen LogP contribution in [0, 0.1) is 0 Å². The molecule has 32 heavy (non-hydrogen) atoms. The molecule has 0 unspecified atom stereocenters. The average Bonchev–Trinajstić information content (AvgIpc) is 3.25. The summed E-state index contributed by atoms with van der Waals surface area (Å²) in [5.74, 6) is -0.288. The number of anilines is 1. The van der Waals surface area contributed by atoms with Crippen LogP contribution in [0.4, 0.5) is 5.69 Å². The zero-order chi connectivity index (χ0) is 23.1. The Bertz CT molecular complexity index is 1120. The minimum atomic E-state index is -0.603. The number of ether oxygens (including phenoxy) is 3. The molecular weight excluding hydrogens is 416 g/mol. The molecule has 0 spiro atoms. The molecule has 2 N–H and O–H groups in total. The van der Waals surface area contributed by atoms with Crippen molar-refractivity contribution in [1.29, 1.82) is 0 Å². The third kappa shape index (κ3) is 5.63. The zero-order valence-electron chi connectivity index (χ0n) is 17.7. The number of nitrogens with one attached hydrogen (secondary N) is 2. The van der Waals surface area contributed by atoms with E-state index < -0.39 is 5.97 Å². The lowest BCUT2D eigenvalue weighted by Crippen LogP contribution is -2.25. The smallest absolute Gasteiger partial charge is 0.343 e. The summed E-state index contributed by atoms with van der Waals surface area (Å²) in [4.78, 5) is 36.0. The number of methoxy groups -OCH3 is 1. The summed E-state index contributed by atoms with van der Waals surface area (Å²) in [6, 6.07) is 10.9. The van der Waals surface area contributed by atoms with Crippen molar-refractivity contribution in [3.05, 3.63) is 66.0 Å². The third-order valence-corrected chi connectivity index (χ3v) is 4.33. The van der Waals surface area contributed by atoms with E-state index in [-0.39, 0.29) is 29.7 Å². The lowest BCUT2D eigenvalue weighted by molar-refractivity contribution is -0.122. The highest BCUT2D eigenvalue weighted by molar-refractivity contribution is 6.04.